The van der Waals surface area contributed by atoms with Gasteiger partial charge in [-0.15, -0.1) is 0 Å². The minimum absolute atomic E-state index is 0.0154. The highest BCUT2D eigenvalue weighted by Crippen LogP contribution is 2.29. The summed E-state index contributed by atoms with van der Waals surface area (Å²) in [5.74, 6) is 0.171. The van der Waals surface area contributed by atoms with Gasteiger partial charge in [0.1, 0.15) is 5.75 Å². The molecule has 0 saturated heterocycles. The van der Waals surface area contributed by atoms with Crippen molar-refractivity contribution in [3.8, 4) is 5.75 Å². The lowest BCUT2D eigenvalue weighted by Gasteiger charge is -2.13. The topological polar surface area (TPSA) is 84.5 Å². The highest BCUT2D eigenvalue weighted by atomic mass is 32.2. The predicted octanol–water partition coefficient (Wildman–Crippen LogP) is 2.63. The van der Waals surface area contributed by atoms with Gasteiger partial charge in [-0.3, -0.25) is 4.79 Å². The zero-order valence-electron chi connectivity index (χ0n) is 14.8. The summed E-state index contributed by atoms with van der Waals surface area (Å²) >= 11 is 0. The number of hydrogen-bond acceptors (Lipinski definition) is 4. The van der Waals surface area contributed by atoms with Gasteiger partial charge in [0.25, 0.3) is 0 Å². The fraction of sp³-hybridized carbons (Fsp3) is 0.316. The summed E-state index contributed by atoms with van der Waals surface area (Å²) in [4.78, 5) is 12.5. The second-order valence-electron chi connectivity index (χ2n) is 6.47. The number of benzene rings is 2. The molecular formula is C19H22N2O4S. The van der Waals surface area contributed by atoms with Crippen LogP contribution in [0.3, 0.4) is 0 Å². The van der Waals surface area contributed by atoms with Crippen LogP contribution >= 0.6 is 0 Å². The van der Waals surface area contributed by atoms with Crippen molar-refractivity contribution in [2.45, 2.75) is 37.1 Å². The molecule has 2 N–H and O–H groups in total. The molecule has 1 aliphatic rings. The molecule has 0 radical (unpaired) electrons. The third kappa shape index (κ3) is 4.62. The van der Waals surface area contributed by atoms with Gasteiger partial charge >= 0.3 is 0 Å². The fourth-order valence-electron chi connectivity index (χ4n) is 2.53. The molecule has 2 aromatic carbocycles. The molecule has 26 heavy (non-hydrogen) atoms. The Hall–Kier alpha value is -2.38. The highest BCUT2D eigenvalue weighted by molar-refractivity contribution is 7.89. The molecule has 0 aliphatic heterocycles. The fourth-order valence-corrected chi connectivity index (χ4v) is 3.86. The molecule has 0 heterocycles. The van der Waals surface area contributed by atoms with Gasteiger partial charge in [0.05, 0.1) is 24.1 Å². The molecule has 138 valence electrons. The average Bonchev–Trinajstić information content (AvgIpc) is 3.40. The lowest BCUT2D eigenvalue weighted by Crippen LogP contribution is -2.26. The van der Waals surface area contributed by atoms with Gasteiger partial charge in [-0.25, -0.2) is 13.1 Å². The number of carbonyl (C=O) groups excluding carboxylic acids is 1. The first-order valence-electron chi connectivity index (χ1n) is 8.43. The van der Waals surface area contributed by atoms with Gasteiger partial charge in [-0.1, -0.05) is 29.8 Å². The number of anilines is 1. The second kappa shape index (κ2) is 7.47. The van der Waals surface area contributed by atoms with E-state index in [9.17, 15) is 13.2 Å². The van der Waals surface area contributed by atoms with Crippen molar-refractivity contribution >= 4 is 21.6 Å². The molecule has 7 heteroatoms. The van der Waals surface area contributed by atoms with Gasteiger partial charge in [-0.2, -0.15) is 0 Å². The number of aryl methyl sites for hydroxylation is 1. The zero-order valence-corrected chi connectivity index (χ0v) is 15.6. The summed E-state index contributed by atoms with van der Waals surface area (Å²) in [6.07, 6.45) is 1.91. The van der Waals surface area contributed by atoms with Crippen LogP contribution in [0.2, 0.25) is 0 Å². The first kappa shape index (κ1) is 18.4. The van der Waals surface area contributed by atoms with Crippen LogP contribution in [-0.2, 0) is 21.2 Å². The maximum absolute atomic E-state index is 12.4. The van der Waals surface area contributed by atoms with E-state index in [1.807, 2.05) is 31.2 Å². The minimum atomic E-state index is -3.60. The smallest absolute Gasteiger partial charge is 0.240 e. The van der Waals surface area contributed by atoms with E-state index in [1.54, 1.807) is 6.07 Å². The SMILES string of the molecule is COc1ccc(S(=O)(=O)NC2CC2)cc1NC(=O)Cc1ccc(C)cc1. The molecule has 1 aliphatic carbocycles. The van der Waals surface area contributed by atoms with E-state index in [0.29, 0.717) is 11.4 Å². The van der Waals surface area contributed by atoms with E-state index < -0.39 is 10.0 Å². The molecule has 0 bridgehead atoms. The summed E-state index contributed by atoms with van der Waals surface area (Å²) in [5.41, 5.74) is 2.34. The monoisotopic (exact) mass is 374 g/mol. The molecule has 0 spiro atoms. The van der Waals surface area contributed by atoms with Crippen molar-refractivity contribution in [1.29, 1.82) is 0 Å². The van der Waals surface area contributed by atoms with Crippen molar-refractivity contribution in [3.63, 3.8) is 0 Å². The van der Waals surface area contributed by atoms with E-state index in [2.05, 4.69) is 10.0 Å². The third-order valence-electron chi connectivity index (χ3n) is 4.14. The number of rotatable bonds is 7. The molecule has 2 aromatic rings. The van der Waals surface area contributed by atoms with Crippen LogP contribution in [0.5, 0.6) is 5.75 Å². The van der Waals surface area contributed by atoms with Gasteiger partial charge in [0, 0.05) is 6.04 Å². The molecule has 1 amide bonds. The van der Waals surface area contributed by atoms with Crippen LogP contribution in [0.15, 0.2) is 47.4 Å². The Bertz CT molecular complexity index is 904. The Morgan fingerprint density at radius 2 is 1.85 bits per heavy atom. The Balaban J connectivity index is 1.77. The number of carbonyl (C=O) groups is 1. The molecule has 0 unspecified atom stereocenters. The number of sulfonamides is 1. The Labute approximate surface area is 153 Å². The van der Waals surface area contributed by atoms with Crippen LogP contribution in [0.4, 0.5) is 5.69 Å². The lowest BCUT2D eigenvalue weighted by molar-refractivity contribution is -0.115. The standard InChI is InChI=1S/C19H22N2O4S/c1-13-3-5-14(6-4-13)11-19(22)20-17-12-16(9-10-18(17)25-2)26(23,24)21-15-7-8-15/h3-6,9-10,12,15,21H,7-8,11H2,1-2H3,(H,20,22). The number of hydrogen-bond donors (Lipinski definition) is 2. The van der Waals surface area contributed by atoms with Crippen LogP contribution in [0.25, 0.3) is 0 Å². The Morgan fingerprint density at radius 3 is 2.46 bits per heavy atom. The van der Waals surface area contributed by atoms with Crippen LogP contribution in [0, 0.1) is 6.92 Å². The summed E-state index contributed by atoms with van der Waals surface area (Å²) in [6.45, 7) is 1.98. The molecule has 1 saturated carbocycles. The zero-order chi connectivity index (χ0) is 18.7. The average molecular weight is 374 g/mol. The maximum atomic E-state index is 12.4. The summed E-state index contributed by atoms with van der Waals surface area (Å²) in [5, 5.41) is 2.75. The van der Waals surface area contributed by atoms with E-state index in [1.165, 1.54) is 19.2 Å². The maximum Gasteiger partial charge on any atom is 0.240 e. The molecule has 1 fully saturated rings. The van der Waals surface area contributed by atoms with Crippen molar-refractivity contribution in [2.75, 3.05) is 12.4 Å². The van der Waals surface area contributed by atoms with Gasteiger partial charge in [0.15, 0.2) is 0 Å². The van der Waals surface area contributed by atoms with Gasteiger partial charge in [-0.05, 0) is 43.5 Å². The first-order chi connectivity index (χ1) is 12.4. The van der Waals surface area contributed by atoms with E-state index in [4.69, 9.17) is 4.74 Å². The summed E-state index contributed by atoms with van der Waals surface area (Å²) in [7, 11) is -2.13. The quantitative estimate of drug-likeness (QED) is 0.780. The molecular weight excluding hydrogens is 352 g/mol. The summed E-state index contributed by atoms with van der Waals surface area (Å²) in [6, 6.07) is 12.1. The van der Waals surface area contributed by atoms with Crippen molar-refractivity contribution < 1.29 is 17.9 Å². The number of amides is 1. The molecule has 0 atom stereocenters. The molecule has 6 nitrogen and oxygen atoms in total. The van der Waals surface area contributed by atoms with Crippen LogP contribution in [-0.4, -0.2) is 27.5 Å². The number of methoxy groups -OCH3 is 1. The summed E-state index contributed by atoms with van der Waals surface area (Å²) < 4.78 is 32.6. The molecule has 0 aromatic heterocycles. The highest BCUT2D eigenvalue weighted by Gasteiger charge is 2.28. The predicted molar refractivity (Wildman–Crippen MR) is 99.9 cm³/mol. The van der Waals surface area contributed by atoms with Crippen molar-refractivity contribution in [3.05, 3.63) is 53.6 Å². The van der Waals surface area contributed by atoms with E-state index in [-0.39, 0.29) is 23.3 Å². The Morgan fingerprint density at radius 1 is 1.15 bits per heavy atom. The van der Waals surface area contributed by atoms with E-state index in [0.717, 1.165) is 24.0 Å². The third-order valence-corrected chi connectivity index (χ3v) is 5.66. The van der Waals surface area contributed by atoms with Gasteiger partial charge < -0.3 is 10.1 Å². The van der Waals surface area contributed by atoms with Gasteiger partial charge in [0.2, 0.25) is 15.9 Å². The van der Waals surface area contributed by atoms with Crippen molar-refractivity contribution in [1.82, 2.24) is 4.72 Å². The van der Waals surface area contributed by atoms with Crippen LogP contribution < -0.4 is 14.8 Å². The van der Waals surface area contributed by atoms with Crippen LogP contribution in [0.1, 0.15) is 24.0 Å². The largest absolute Gasteiger partial charge is 0.495 e. The number of nitrogens with one attached hydrogen (secondary N) is 2. The van der Waals surface area contributed by atoms with E-state index >= 15 is 0 Å². The molecule has 3 rings (SSSR count). The van der Waals surface area contributed by atoms with Crippen molar-refractivity contribution in [2.24, 2.45) is 0 Å². The first-order valence-corrected chi connectivity index (χ1v) is 9.91. The minimum Gasteiger partial charge on any atom is -0.495 e. The number of ether oxygens (including phenoxy) is 1. The Kier molecular flexibility index (Phi) is 5.29. The normalized spacial score (nSPS) is 14.1. The second-order valence-corrected chi connectivity index (χ2v) is 8.18. The lowest BCUT2D eigenvalue weighted by atomic mass is 10.1.